The largest absolute Gasteiger partial charge is 0.491 e. The van der Waals surface area contributed by atoms with Gasteiger partial charge in [-0.05, 0) is 61.7 Å². The first-order valence-electron chi connectivity index (χ1n) is 9.55. The molecule has 0 radical (unpaired) electrons. The number of aromatic nitrogens is 1. The Bertz CT molecular complexity index is 752. The average Bonchev–Trinajstić information content (AvgIpc) is 2.72. The number of carbonyl (C=O) groups is 1. The van der Waals surface area contributed by atoms with E-state index in [2.05, 4.69) is 17.2 Å². The van der Waals surface area contributed by atoms with E-state index in [4.69, 9.17) is 4.74 Å². The number of carbonyl (C=O) groups excluding carboxylic acids is 1. The van der Waals surface area contributed by atoms with Gasteiger partial charge in [-0.1, -0.05) is 6.92 Å². The van der Waals surface area contributed by atoms with E-state index in [1.54, 1.807) is 24.5 Å². The van der Waals surface area contributed by atoms with E-state index < -0.39 is 6.10 Å². The van der Waals surface area contributed by atoms with Gasteiger partial charge in [-0.2, -0.15) is 0 Å². The van der Waals surface area contributed by atoms with Gasteiger partial charge in [0.2, 0.25) is 0 Å². The summed E-state index contributed by atoms with van der Waals surface area (Å²) in [4.78, 5) is 18.7. The molecule has 1 aromatic carbocycles. The third-order valence-electron chi connectivity index (χ3n) is 4.57. The second-order valence-corrected chi connectivity index (χ2v) is 6.76. The van der Waals surface area contributed by atoms with Crippen molar-refractivity contribution in [1.82, 2.24) is 10.3 Å². The maximum atomic E-state index is 12.8. The number of benzene rings is 1. The van der Waals surface area contributed by atoms with Crippen molar-refractivity contribution >= 4 is 11.6 Å². The second kappa shape index (κ2) is 9.48. The quantitative estimate of drug-likeness (QED) is 0.699. The molecule has 0 saturated carbocycles. The normalized spacial score (nSPS) is 14.5. The molecule has 0 spiro atoms. The molecule has 3 rings (SSSR count). The Balaban J connectivity index is 1.65. The maximum absolute atomic E-state index is 12.8. The summed E-state index contributed by atoms with van der Waals surface area (Å²) in [5.41, 5.74) is 2.61. The fourth-order valence-electron chi connectivity index (χ4n) is 3.22. The molecule has 2 heterocycles. The molecule has 2 N–H and O–H groups in total. The zero-order chi connectivity index (χ0) is 19.1. The number of pyridine rings is 1. The van der Waals surface area contributed by atoms with Crippen LogP contribution >= 0.6 is 0 Å². The molecule has 144 valence electrons. The van der Waals surface area contributed by atoms with E-state index in [9.17, 15) is 9.90 Å². The Morgan fingerprint density at radius 1 is 1.41 bits per heavy atom. The van der Waals surface area contributed by atoms with Gasteiger partial charge in [-0.3, -0.25) is 9.78 Å². The van der Waals surface area contributed by atoms with Crippen LogP contribution in [0.1, 0.15) is 35.7 Å². The molecular weight excluding hydrogens is 342 g/mol. The Hall–Kier alpha value is -2.44. The highest BCUT2D eigenvalue weighted by molar-refractivity contribution is 6.06. The van der Waals surface area contributed by atoms with Gasteiger partial charge in [0.15, 0.2) is 0 Å². The third kappa shape index (κ3) is 5.05. The summed E-state index contributed by atoms with van der Waals surface area (Å²) in [5, 5.41) is 13.1. The number of amides is 1. The molecule has 6 nitrogen and oxygen atoms in total. The van der Waals surface area contributed by atoms with Crippen molar-refractivity contribution in [2.75, 3.05) is 31.1 Å². The molecule has 1 aromatic heterocycles. The highest BCUT2D eigenvalue weighted by atomic mass is 16.5. The van der Waals surface area contributed by atoms with Crippen molar-refractivity contribution in [2.45, 2.75) is 32.3 Å². The molecule has 0 aliphatic carbocycles. The SMILES string of the molecule is CCCNCC(O)COc1ccc2c(c1)CCCN2C(=O)c1cccnc1. The van der Waals surface area contributed by atoms with Crippen LogP contribution in [0.25, 0.3) is 0 Å². The van der Waals surface area contributed by atoms with Crippen LogP contribution in [0.2, 0.25) is 0 Å². The molecule has 2 aromatic rings. The lowest BCUT2D eigenvalue weighted by molar-refractivity contribution is 0.0984. The topological polar surface area (TPSA) is 74.7 Å². The fourth-order valence-corrected chi connectivity index (χ4v) is 3.22. The summed E-state index contributed by atoms with van der Waals surface area (Å²) >= 11 is 0. The van der Waals surface area contributed by atoms with Crippen LogP contribution in [0.15, 0.2) is 42.7 Å². The Morgan fingerprint density at radius 2 is 2.30 bits per heavy atom. The predicted octanol–water partition coefficient (Wildman–Crippen LogP) is 2.41. The number of aliphatic hydroxyl groups is 1. The van der Waals surface area contributed by atoms with Gasteiger partial charge < -0.3 is 20.1 Å². The summed E-state index contributed by atoms with van der Waals surface area (Å²) in [6, 6.07) is 9.33. The molecule has 27 heavy (non-hydrogen) atoms. The van der Waals surface area contributed by atoms with Gasteiger partial charge in [-0.25, -0.2) is 0 Å². The fraction of sp³-hybridized carbons (Fsp3) is 0.429. The van der Waals surface area contributed by atoms with Gasteiger partial charge in [0.05, 0.1) is 5.56 Å². The molecule has 1 aliphatic rings. The number of aliphatic hydroxyl groups excluding tert-OH is 1. The lowest BCUT2D eigenvalue weighted by atomic mass is 10.0. The summed E-state index contributed by atoms with van der Waals surface area (Å²) in [6.07, 6.45) is 5.57. The Morgan fingerprint density at radius 3 is 3.07 bits per heavy atom. The monoisotopic (exact) mass is 369 g/mol. The van der Waals surface area contributed by atoms with Crippen LogP contribution in [0.3, 0.4) is 0 Å². The van der Waals surface area contributed by atoms with Crippen LogP contribution in [0.4, 0.5) is 5.69 Å². The van der Waals surface area contributed by atoms with Gasteiger partial charge >= 0.3 is 0 Å². The summed E-state index contributed by atoms with van der Waals surface area (Å²) in [5.74, 6) is 0.689. The Labute approximate surface area is 160 Å². The van der Waals surface area contributed by atoms with Gasteiger partial charge in [0.1, 0.15) is 18.5 Å². The van der Waals surface area contributed by atoms with E-state index >= 15 is 0 Å². The zero-order valence-corrected chi connectivity index (χ0v) is 15.7. The smallest absolute Gasteiger partial charge is 0.259 e. The van der Waals surface area contributed by atoms with Crippen LogP contribution in [-0.2, 0) is 6.42 Å². The van der Waals surface area contributed by atoms with Crippen molar-refractivity contribution < 1.29 is 14.6 Å². The van der Waals surface area contributed by atoms with Crippen molar-refractivity contribution in [3.63, 3.8) is 0 Å². The van der Waals surface area contributed by atoms with Crippen LogP contribution in [0, 0.1) is 0 Å². The van der Waals surface area contributed by atoms with Crippen molar-refractivity contribution in [2.24, 2.45) is 0 Å². The lowest BCUT2D eigenvalue weighted by Crippen LogP contribution is -2.35. The number of hydrogen-bond acceptors (Lipinski definition) is 5. The number of ether oxygens (including phenoxy) is 1. The summed E-state index contributed by atoms with van der Waals surface area (Å²) in [7, 11) is 0. The summed E-state index contributed by atoms with van der Waals surface area (Å²) in [6.45, 7) is 4.44. The predicted molar refractivity (Wildman–Crippen MR) is 105 cm³/mol. The minimum absolute atomic E-state index is 0.0323. The van der Waals surface area contributed by atoms with Crippen molar-refractivity contribution in [1.29, 1.82) is 0 Å². The number of aryl methyl sites for hydroxylation is 1. The molecule has 1 atom stereocenters. The van der Waals surface area contributed by atoms with Crippen LogP contribution < -0.4 is 15.0 Å². The van der Waals surface area contributed by atoms with Crippen molar-refractivity contribution in [3.05, 3.63) is 53.9 Å². The van der Waals surface area contributed by atoms with Crippen molar-refractivity contribution in [3.8, 4) is 5.75 Å². The van der Waals surface area contributed by atoms with Crippen LogP contribution in [-0.4, -0.2) is 48.3 Å². The molecule has 6 heteroatoms. The standard InChI is InChI=1S/C21H27N3O3/c1-2-9-22-14-18(25)15-27-19-7-8-20-16(12-19)6-4-11-24(20)21(26)17-5-3-10-23-13-17/h3,5,7-8,10,12-13,18,22,25H,2,4,6,9,11,14-15H2,1H3. The molecule has 1 amide bonds. The first kappa shape index (κ1) is 19.3. The number of nitrogens with zero attached hydrogens (tertiary/aromatic N) is 2. The number of rotatable bonds is 8. The molecule has 1 aliphatic heterocycles. The summed E-state index contributed by atoms with van der Waals surface area (Å²) < 4.78 is 5.74. The van der Waals surface area contributed by atoms with E-state index in [0.29, 0.717) is 18.7 Å². The second-order valence-electron chi connectivity index (χ2n) is 6.76. The van der Waals surface area contributed by atoms with E-state index in [-0.39, 0.29) is 12.5 Å². The third-order valence-corrected chi connectivity index (χ3v) is 4.57. The molecule has 0 bridgehead atoms. The molecular formula is C21H27N3O3. The van der Waals surface area contributed by atoms with Gasteiger partial charge in [0.25, 0.3) is 5.91 Å². The minimum Gasteiger partial charge on any atom is -0.491 e. The van der Waals surface area contributed by atoms with E-state index in [0.717, 1.165) is 42.8 Å². The molecule has 0 fully saturated rings. The average molecular weight is 369 g/mol. The lowest BCUT2D eigenvalue weighted by Gasteiger charge is -2.30. The zero-order valence-electron chi connectivity index (χ0n) is 15.7. The number of hydrogen-bond donors (Lipinski definition) is 2. The van der Waals surface area contributed by atoms with Gasteiger partial charge in [-0.15, -0.1) is 0 Å². The molecule has 1 unspecified atom stereocenters. The van der Waals surface area contributed by atoms with E-state index in [1.807, 2.05) is 23.1 Å². The number of nitrogens with one attached hydrogen (secondary N) is 1. The van der Waals surface area contributed by atoms with Gasteiger partial charge in [0, 0.05) is 31.2 Å². The minimum atomic E-state index is -0.545. The maximum Gasteiger partial charge on any atom is 0.259 e. The van der Waals surface area contributed by atoms with Crippen LogP contribution in [0.5, 0.6) is 5.75 Å². The van der Waals surface area contributed by atoms with E-state index in [1.165, 1.54) is 0 Å². The highest BCUT2D eigenvalue weighted by Crippen LogP contribution is 2.31. The first-order chi connectivity index (χ1) is 13.2. The number of fused-ring (bicyclic) bond motifs is 1. The first-order valence-corrected chi connectivity index (χ1v) is 9.55. The molecule has 0 saturated heterocycles. The highest BCUT2D eigenvalue weighted by Gasteiger charge is 2.24. The number of anilines is 1. The Kier molecular flexibility index (Phi) is 6.79.